The summed E-state index contributed by atoms with van der Waals surface area (Å²) in [7, 11) is 0. The molecule has 0 spiro atoms. The molecule has 0 unspecified atom stereocenters. The molecule has 0 saturated carbocycles. The van der Waals surface area contributed by atoms with Gasteiger partial charge in [0.05, 0.1) is 6.54 Å². The van der Waals surface area contributed by atoms with Crippen LogP contribution in [-0.2, 0) is 0 Å². The fraction of sp³-hybridized carbons (Fsp3) is 0.562. The molecule has 0 amide bonds. The zero-order chi connectivity index (χ0) is 12.8. The lowest BCUT2D eigenvalue weighted by Gasteiger charge is -2.23. The largest absolute Gasteiger partial charge is 0.296 e. The van der Waals surface area contributed by atoms with Crippen molar-refractivity contribution in [3.05, 3.63) is 35.4 Å². The number of aryl methyl sites for hydroxylation is 1. The standard InChI is InChI=1S/C16H23NO/c1-14-8-7-9-15(12-14)16(18)13-17-10-5-3-2-4-6-11-17/h7-9,12H,2-6,10-11,13H2,1H3. The van der Waals surface area contributed by atoms with Crippen molar-refractivity contribution >= 4 is 5.78 Å². The number of rotatable bonds is 3. The first-order valence-electron chi connectivity index (χ1n) is 7.08. The van der Waals surface area contributed by atoms with E-state index < -0.39 is 0 Å². The Kier molecular flexibility index (Phi) is 4.94. The van der Waals surface area contributed by atoms with Gasteiger partial charge in [-0.05, 0) is 38.9 Å². The molecule has 18 heavy (non-hydrogen) atoms. The Morgan fingerprint density at radius 3 is 2.44 bits per heavy atom. The molecule has 1 aromatic carbocycles. The summed E-state index contributed by atoms with van der Waals surface area (Å²) in [6.07, 6.45) is 6.46. The van der Waals surface area contributed by atoms with E-state index in [9.17, 15) is 4.79 Å². The molecule has 1 aliphatic rings. The first-order valence-corrected chi connectivity index (χ1v) is 7.08. The number of likely N-dealkylation sites (tertiary alicyclic amines) is 1. The van der Waals surface area contributed by atoms with Crippen LogP contribution in [0.25, 0.3) is 0 Å². The van der Waals surface area contributed by atoms with Gasteiger partial charge in [0.2, 0.25) is 0 Å². The number of hydrogen-bond donors (Lipinski definition) is 0. The van der Waals surface area contributed by atoms with Crippen molar-refractivity contribution in [2.75, 3.05) is 19.6 Å². The van der Waals surface area contributed by atoms with E-state index >= 15 is 0 Å². The number of ketones is 1. The van der Waals surface area contributed by atoms with Crippen LogP contribution in [0.1, 0.15) is 48.0 Å². The second-order valence-corrected chi connectivity index (χ2v) is 5.34. The number of hydrogen-bond acceptors (Lipinski definition) is 2. The summed E-state index contributed by atoms with van der Waals surface area (Å²) in [6.45, 7) is 4.78. The van der Waals surface area contributed by atoms with Gasteiger partial charge in [0.25, 0.3) is 0 Å². The average Bonchev–Trinajstić information content (AvgIpc) is 2.32. The summed E-state index contributed by atoms with van der Waals surface area (Å²) in [5, 5.41) is 0. The Hall–Kier alpha value is -1.15. The first-order chi connectivity index (χ1) is 8.75. The van der Waals surface area contributed by atoms with Crippen LogP contribution in [0.4, 0.5) is 0 Å². The predicted octanol–water partition coefficient (Wildman–Crippen LogP) is 3.44. The number of nitrogens with zero attached hydrogens (tertiary/aromatic N) is 1. The molecule has 0 bridgehead atoms. The van der Waals surface area contributed by atoms with E-state index in [0.717, 1.165) is 24.2 Å². The molecule has 1 saturated heterocycles. The van der Waals surface area contributed by atoms with Gasteiger partial charge >= 0.3 is 0 Å². The average molecular weight is 245 g/mol. The van der Waals surface area contributed by atoms with E-state index in [4.69, 9.17) is 0 Å². The highest BCUT2D eigenvalue weighted by molar-refractivity contribution is 5.97. The Morgan fingerprint density at radius 1 is 1.11 bits per heavy atom. The van der Waals surface area contributed by atoms with Crippen molar-refractivity contribution in [3.63, 3.8) is 0 Å². The lowest BCUT2D eigenvalue weighted by molar-refractivity contribution is 0.0924. The van der Waals surface area contributed by atoms with E-state index in [1.807, 2.05) is 31.2 Å². The highest BCUT2D eigenvalue weighted by Gasteiger charge is 2.13. The summed E-state index contributed by atoms with van der Waals surface area (Å²) in [4.78, 5) is 14.5. The zero-order valence-corrected chi connectivity index (χ0v) is 11.3. The van der Waals surface area contributed by atoms with Gasteiger partial charge in [0.15, 0.2) is 5.78 Å². The molecule has 1 aliphatic heterocycles. The van der Waals surface area contributed by atoms with Gasteiger partial charge in [-0.25, -0.2) is 0 Å². The van der Waals surface area contributed by atoms with Gasteiger partial charge in [-0.15, -0.1) is 0 Å². The van der Waals surface area contributed by atoms with E-state index in [0.29, 0.717) is 6.54 Å². The molecule has 0 radical (unpaired) electrons. The van der Waals surface area contributed by atoms with Crippen LogP contribution in [0, 0.1) is 6.92 Å². The number of Topliss-reactive ketones (excluding diaryl/α,β-unsaturated/α-hetero) is 1. The fourth-order valence-corrected chi connectivity index (χ4v) is 2.58. The van der Waals surface area contributed by atoms with Crippen LogP contribution in [0.2, 0.25) is 0 Å². The number of carbonyl (C=O) groups excluding carboxylic acids is 1. The Bertz CT molecular complexity index is 392. The maximum atomic E-state index is 12.2. The van der Waals surface area contributed by atoms with Gasteiger partial charge in [-0.3, -0.25) is 9.69 Å². The van der Waals surface area contributed by atoms with Crippen molar-refractivity contribution in [2.45, 2.75) is 39.0 Å². The summed E-state index contributed by atoms with van der Waals surface area (Å²) < 4.78 is 0. The minimum absolute atomic E-state index is 0.263. The molecule has 2 nitrogen and oxygen atoms in total. The second-order valence-electron chi connectivity index (χ2n) is 5.34. The maximum absolute atomic E-state index is 12.2. The van der Waals surface area contributed by atoms with E-state index in [2.05, 4.69) is 4.90 Å². The van der Waals surface area contributed by atoms with Gasteiger partial charge in [0.1, 0.15) is 0 Å². The Morgan fingerprint density at radius 2 is 1.78 bits per heavy atom. The predicted molar refractivity (Wildman–Crippen MR) is 75.0 cm³/mol. The topological polar surface area (TPSA) is 20.3 Å². The molecule has 0 aliphatic carbocycles. The van der Waals surface area contributed by atoms with Crippen molar-refractivity contribution in [3.8, 4) is 0 Å². The molecule has 98 valence electrons. The number of benzene rings is 1. The minimum atomic E-state index is 0.263. The van der Waals surface area contributed by atoms with E-state index in [-0.39, 0.29) is 5.78 Å². The van der Waals surface area contributed by atoms with Crippen LogP contribution in [-0.4, -0.2) is 30.3 Å². The molecule has 2 rings (SSSR count). The van der Waals surface area contributed by atoms with Gasteiger partial charge in [0, 0.05) is 5.56 Å². The van der Waals surface area contributed by atoms with Crippen LogP contribution in [0.5, 0.6) is 0 Å². The fourth-order valence-electron chi connectivity index (χ4n) is 2.58. The molecule has 1 fully saturated rings. The van der Waals surface area contributed by atoms with Crippen LogP contribution >= 0.6 is 0 Å². The van der Waals surface area contributed by atoms with Gasteiger partial charge < -0.3 is 0 Å². The highest BCUT2D eigenvalue weighted by atomic mass is 16.1. The van der Waals surface area contributed by atoms with E-state index in [1.54, 1.807) is 0 Å². The lowest BCUT2D eigenvalue weighted by atomic mass is 10.1. The second kappa shape index (κ2) is 6.69. The monoisotopic (exact) mass is 245 g/mol. The van der Waals surface area contributed by atoms with Crippen molar-refractivity contribution < 1.29 is 4.79 Å². The van der Waals surface area contributed by atoms with Gasteiger partial charge in [-0.2, -0.15) is 0 Å². The highest BCUT2D eigenvalue weighted by Crippen LogP contribution is 2.12. The van der Waals surface area contributed by atoms with Crippen LogP contribution in [0.15, 0.2) is 24.3 Å². The quantitative estimate of drug-likeness (QED) is 0.760. The molecule has 2 heteroatoms. The van der Waals surface area contributed by atoms with Crippen molar-refractivity contribution in [1.29, 1.82) is 0 Å². The number of carbonyl (C=O) groups is 1. The van der Waals surface area contributed by atoms with Crippen LogP contribution < -0.4 is 0 Å². The third-order valence-corrected chi connectivity index (χ3v) is 3.66. The Balaban J connectivity index is 1.93. The van der Waals surface area contributed by atoms with Gasteiger partial charge in [-0.1, -0.05) is 43.0 Å². The maximum Gasteiger partial charge on any atom is 0.176 e. The molecular formula is C16H23NO. The first kappa shape index (κ1) is 13.3. The SMILES string of the molecule is Cc1cccc(C(=O)CN2CCCCCCC2)c1. The van der Waals surface area contributed by atoms with Crippen molar-refractivity contribution in [2.24, 2.45) is 0 Å². The summed E-state index contributed by atoms with van der Waals surface area (Å²) >= 11 is 0. The smallest absolute Gasteiger partial charge is 0.176 e. The summed E-state index contributed by atoms with van der Waals surface area (Å²) in [5.74, 6) is 0.263. The zero-order valence-electron chi connectivity index (χ0n) is 11.3. The molecular weight excluding hydrogens is 222 g/mol. The normalized spacial score (nSPS) is 18.1. The van der Waals surface area contributed by atoms with E-state index in [1.165, 1.54) is 32.1 Å². The van der Waals surface area contributed by atoms with Crippen LogP contribution in [0.3, 0.4) is 0 Å². The third-order valence-electron chi connectivity index (χ3n) is 3.66. The summed E-state index contributed by atoms with van der Waals surface area (Å²) in [5.41, 5.74) is 2.02. The molecule has 1 heterocycles. The lowest BCUT2D eigenvalue weighted by Crippen LogP contribution is -2.32. The molecule has 0 atom stereocenters. The third kappa shape index (κ3) is 3.95. The molecule has 0 N–H and O–H groups in total. The summed E-state index contributed by atoms with van der Waals surface area (Å²) in [6, 6.07) is 7.93. The van der Waals surface area contributed by atoms with Crippen molar-refractivity contribution in [1.82, 2.24) is 4.90 Å². The Labute approximate surface area is 110 Å². The molecule has 0 aromatic heterocycles. The minimum Gasteiger partial charge on any atom is -0.296 e. The molecule has 1 aromatic rings.